The number of para-hydroxylation sites is 1. The summed E-state index contributed by atoms with van der Waals surface area (Å²) >= 11 is 0.856. The van der Waals surface area contributed by atoms with Crippen LogP contribution in [0.1, 0.15) is 9.67 Å². The minimum atomic E-state index is -3.82. The van der Waals surface area contributed by atoms with Gasteiger partial charge in [-0.1, -0.05) is 17.4 Å². The van der Waals surface area contributed by atoms with E-state index in [0.29, 0.717) is 5.69 Å². The van der Waals surface area contributed by atoms with Crippen LogP contribution in [0.5, 0.6) is 0 Å². The molecule has 0 saturated heterocycles. The summed E-state index contributed by atoms with van der Waals surface area (Å²) in [5, 5.41) is 10.2. The predicted octanol–water partition coefficient (Wildman–Crippen LogP) is 2.65. The number of anilines is 4. The Morgan fingerprint density at radius 1 is 1.07 bits per heavy atom. The second kappa shape index (κ2) is 7.50. The summed E-state index contributed by atoms with van der Waals surface area (Å²) in [7, 11) is -3.82. The van der Waals surface area contributed by atoms with Crippen LogP contribution in [0.4, 0.5) is 31.1 Å². The average Bonchev–Trinajstić information content (AvgIpc) is 2.98. The zero-order chi connectivity index (χ0) is 20.5. The van der Waals surface area contributed by atoms with E-state index in [-0.39, 0.29) is 20.7 Å². The van der Waals surface area contributed by atoms with Crippen molar-refractivity contribution in [2.45, 2.75) is 4.90 Å². The third-order valence-electron chi connectivity index (χ3n) is 3.50. The highest BCUT2D eigenvalue weighted by atomic mass is 32.2. The second-order valence-electron chi connectivity index (χ2n) is 5.48. The van der Waals surface area contributed by atoms with Crippen molar-refractivity contribution >= 4 is 49.6 Å². The first-order valence-electron chi connectivity index (χ1n) is 7.56. The van der Waals surface area contributed by atoms with Crippen LogP contribution in [-0.4, -0.2) is 19.3 Å². The summed E-state index contributed by atoms with van der Waals surface area (Å²) in [5.74, 6) is -2.81. The monoisotopic (exact) mass is 425 g/mol. The van der Waals surface area contributed by atoms with Crippen molar-refractivity contribution in [3.63, 3.8) is 0 Å². The Hall–Kier alpha value is -3.09. The SMILES string of the molecule is Nc1nc(Nc2ccc(S(N)(=O)=O)cc2)sc1C(=O)Nc1c(F)cccc1F. The number of amides is 1. The highest BCUT2D eigenvalue weighted by molar-refractivity contribution is 7.89. The molecule has 3 rings (SSSR count). The Morgan fingerprint density at radius 3 is 2.25 bits per heavy atom. The van der Waals surface area contributed by atoms with Crippen molar-refractivity contribution in [2.24, 2.45) is 5.14 Å². The van der Waals surface area contributed by atoms with Crippen molar-refractivity contribution in [3.8, 4) is 0 Å². The molecule has 0 fully saturated rings. The molecule has 1 amide bonds. The Labute approximate surface area is 162 Å². The molecule has 2 aromatic carbocycles. The molecular formula is C16H13F2N5O3S2. The van der Waals surface area contributed by atoms with E-state index in [1.807, 2.05) is 0 Å². The standard InChI is InChI=1S/C16H13F2N5O3S2/c17-10-2-1-3-11(18)12(10)22-15(24)13-14(19)23-16(27-13)21-8-4-6-9(7-5-8)28(20,25)26/h1-7H,19H2,(H,21,23)(H,22,24)(H2,20,25,26). The number of nitrogen functional groups attached to an aromatic ring is 1. The number of primary sulfonamides is 1. The van der Waals surface area contributed by atoms with Crippen molar-refractivity contribution in [1.29, 1.82) is 0 Å². The van der Waals surface area contributed by atoms with Gasteiger partial charge < -0.3 is 16.4 Å². The number of halogens is 2. The number of nitrogens with zero attached hydrogens (tertiary/aromatic N) is 1. The minimum Gasteiger partial charge on any atom is -0.382 e. The minimum absolute atomic E-state index is 0.0497. The molecule has 0 aliphatic rings. The summed E-state index contributed by atoms with van der Waals surface area (Å²) in [6.07, 6.45) is 0. The lowest BCUT2D eigenvalue weighted by Gasteiger charge is -2.06. The number of carbonyl (C=O) groups is 1. The number of sulfonamides is 1. The van der Waals surface area contributed by atoms with Gasteiger partial charge in [-0.15, -0.1) is 0 Å². The number of nitrogens with one attached hydrogen (secondary N) is 2. The molecule has 0 bridgehead atoms. The topological polar surface area (TPSA) is 140 Å². The molecule has 3 aromatic rings. The fraction of sp³-hybridized carbons (Fsp3) is 0. The zero-order valence-electron chi connectivity index (χ0n) is 13.9. The third kappa shape index (κ3) is 4.24. The van der Waals surface area contributed by atoms with Crippen LogP contribution in [0.15, 0.2) is 47.4 Å². The van der Waals surface area contributed by atoms with E-state index in [2.05, 4.69) is 15.6 Å². The maximum atomic E-state index is 13.7. The Kier molecular flexibility index (Phi) is 5.27. The highest BCUT2D eigenvalue weighted by Gasteiger charge is 2.19. The molecule has 8 nitrogen and oxygen atoms in total. The van der Waals surface area contributed by atoms with E-state index >= 15 is 0 Å². The number of rotatable bonds is 5. The van der Waals surface area contributed by atoms with Gasteiger partial charge in [-0.2, -0.15) is 0 Å². The number of carbonyl (C=O) groups excluding carboxylic acids is 1. The van der Waals surface area contributed by atoms with E-state index < -0.39 is 33.3 Å². The number of hydrogen-bond donors (Lipinski definition) is 4. The van der Waals surface area contributed by atoms with Crippen LogP contribution in [0.25, 0.3) is 0 Å². The Morgan fingerprint density at radius 2 is 1.68 bits per heavy atom. The summed E-state index contributed by atoms with van der Waals surface area (Å²) in [6, 6.07) is 8.68. The lowest BCUT2D eigenvalue weighted by Crippen LogP contribution is -2.14. The molecule has 0 atom stereocenters. The van der Waals surface area contributed by atoms with Gasteiger partial charge in [-0.3, -0.25) is 4.79 Å². The lowest BCUT2D eigenvalue weighted by atomic mass is 10.3. The molecule has 0 unspecified atom stereocenters. The van der Waals surface area contributed by atoms with Crippen molar-refractivity contribution < 1.29 is 22.0 Å². The molecule has 0 aliphatic heterocycles. The molecule has 0 saturated carbocycles. The number of hydrogen-bond acceptors (Lipinski definition) is 7. The van der Waals surface area contributed by atoms with Gasteiger partial charge in [-0.05, 0) is 36.4 Å². The molecule has 146 valence electrons. The highest BCUT2D eigenvalue weighted by Crippen LogP contribution is 2.29. The van der Waals surface area contributed by atoms with E-state index in [9.17, 15) is 22.0 Å². The third-order valence-corrected chi connectivity index (χ3v) is 5.41. The van der Waals surface area contributed by atoms with Crippen molar-refractivity contribution in [2.75, 3.05) is 16.4 Å². The largest absolute Gasteiger partial charge is 0.382 e. The van der Waals surface area contributed by atoms with Gasteiger partial charge in [-0.25, -0.2) is 27.3 Å². The summed E-state index contributed by atoms with van der Waals surface area (Å²) < 4.78 is 49.9. The van der Waals surface area contributed by atoms with Crippen LogP contribution < -0.4 is 21.5 Å². The number of aromatic nitrogens is 1. The first kappa shape index (κ1) is 19.7. The van der Waals surface area contributed by atoms with Crippen LogP contribution in [0.3, 0.4) is 0 Å². The smallest absolute Gasteiger partial charge is 0.269 e. The number of thiazole rings is 1. The number of nitrogens with two attached hydrogens (primary N) is 2. The quantitative estimate of drug-likeness (QED) is 0.495. The van der Waals surface area contributed by atoms with Gasteiger partial charge in [0.15, 0.2) is 5.13 Å². The molecule has 1 aromatic heterocycles. The maximum absolute atomic E-state index is 13.7. The van der Waals surface area contributed by atoms with Crippen molar-refractivity contribution in [1.82, 2.24) is 4.98 Å². The molecule has 28 heavy (non-hydrogen) atoms. The van der Waals surface area contributed by atoms with Crippen LogP contribution in [0.2, 0.25) is 0 Å². The molecular weight excluding hydrogens is 412 g/mol. The maximum Gasteiger partial charge on any atom is 0.269 e. The van der Waals surface area contributed by atoms with Gasteiger partial charge in [0, 0.05) is 5.69 Å². The van der Waals surface area contributed by atoms with Crippen molar-refractivity contribution in [3.05, 3.63) is 59.0 Å². The summed E-state index contributed by atoms with van der Waals surface area (Å²) in [4.78, 5) is 16.2. The predicted molar refractivity (Wildman–Crippen MR) is 102 cm³/mol. The normalized spacial score (nSPS) is 11.2. The van der Waals surface area contributed by atoms with Gasteiger partial charge in [0.2, 0.25) is 10.0 Å². The molecule has 6 N–H and O–H groups in total. The van der Waals surface area contributed by atoms with Crippen LogP contribution in [-0.2, 0) is 10.0 Å². The molecule has 0 spiro atoms. The van der Waals surface area contributed by atoms with Gasteiger partial charge >= 0.3 is 0 Å². The van der Waals surface area contributed by atoms with Gasteiger partial charge in [0.1, 0.15) is 28.0 Å². The lowest BCUT2D eigenvalue weighted by molar-refractivity contribution is 0.103. The van der Waals surface area contributed by atoms with Crippen LogP contribution >= 0.6 is 11.3 Å². The number of benzene rings is 2. The fourth-order valence-corrected chi connectivity index (χ4v) is 3.50. The fourth-order valence-electron chi connectivity index (χ4n) is 2.19. The first-order chi connectivity index (χ1) is 13.1. The van der Waals surface area contributed by atoms with E-state index in [4.69, 9.17) is 10.9 Å². The molecule has 0 aliphatic carbocycles. The average molecular weight is 425 g/mol. The Bertz CT molecular complexity index is 1130. The van der Waals surface area contributed by atoms with Crippen LogP contribution in [0, 0.1) is 11.6 Å². The molecule has 0 radical (unpaired) electrons. The van der Waals surface area contributed by atoms with Gasteiger partial charge in [0.25, 0.3) is 5.91 Å². The molecule has 12 heteroatoms. The molecule has 1 heterocycles. The summed E-state index contributed by atoms with van der Waals surface area (Å²) in [6.45, 7) is 0. The van der Waals surface area contributed by atoms with Gasteiger partial charge in [0.05, 0.1) is 4.90 Å². The summed E-state index contributed by atoms with van der Waals surface area (Å²) in [5.41, 5.74) is 5.60. The first-order valence-corrected chi connectivity index (χ1v) is 9.93. The van der Waals surface area contributed by atoms with E-state index in [1.54, 1.807) is 0 Å². The second-order valence-corrected chi connectivity index (χ2v) is 8.04. The Balaban J connectivity index is 1.78. The van der Waals surface area contributed by atoms with E-state index in [1.165, 1.54) is 30.3 Å². The van der Waals surface area contributed by atoms with E-state index in [0.717, 1.165) is 23.5 Å². The zero-order valence-corrected chi connectivity index (χ0v) is 15.6.